The topological polar surface area (TPSA) is 59.5 Å². The average molecular weight is 350 g/mol. The first-order valence-electron chi connectivity index (χ1n) is 9.19. The van der Waals surface area contributed by atoms with E-state index in [0.717, 1.165) is 29.2 Å². The second kappa shape index (κ2) is 7.46. The van der Waals surface area contributed by atoms with Crippen LogP contribution in [0.1, 0.15) is 31.9 Å². The number of pyridine rings is 1. The third kappa shape index (κ3) is 3.73. The number of aromatic nitrogens is 1. The Bertz CT molecular complexity index is 820. The second-order valence-corrected chi connectivity index (χ2v) is 6.97. The molecule has 0 amide bonds. The van der Waals surface area contributed by atoms with Crippen LogP contribution in [-0.2, 0) is 0 Å². The van der Waals surface area contributed by atoms with E-state index < -0.39 is 0 Å². The SMILES string of the molecule is CC1=CC2NC2C=C1N=C(CCCF)CC1C=CN=C1c1ccccn1. The van der Waals surface area contributed by atoms with Crippen molar-refractivity contribution in [3.8, 4) is 0 Å². The normalized spacial score (nSPS) is 26.9. The number of halogens is 1. The van der Waals surface area contributed by atoms with Gasteiger partial charge in [0, 0.05) is 36.1 Å². The Kier molecular flexibility index (Phi) is 4.89. The lowest BCUT2D eigenvalue weighted by Gasteiger charge is -2.15. The van der Waals surface area contributed by atoms with E-state index in [0.29, 0.717) is 24.9 Å². The first kappa shape index (κ1) is 17.0. The largest absolute Gasteiger partial charge is 0.301 e. The molecule has 0 radical (unpaired) electrons. The summed E-state index contributed by atoms with van der Waals surface area (Å²) in [5.41, 5.74) is 5.09. The molecule has 1 fully saturated rings. The van der Waals surface area contributed by atoms with Gasteiger partial charge in [-0.15, -0.1) is 0 Å². The minimum atomic E-state index is -0.319. The van der Waals surface area contributed by atoms with Crippen molar-refractivity contribution in [2.75, 3.05) is 6.67 Å². The molecule has 26 heavy (non-hydrogen) atoms. The summed E-state index contributed by atoms with van der Waals surface area (Å²) in [5.74, 6) is 0.142. The Morgan fingerprint density at radius 1 is 1.27 bits per heavy atom. The van der Waals surface area contributed by atoms with Gasteiger partial charge in [0.2, 0.25) is 0 Å². The number of nitrogens with one attached hydrogen (secondary N) is 1. The van der Waals surface area contributed by atoms with Gasteiger partial charge in [-0.3, -0.25) is 19.4 Å². The van der Waals surface area contributed by atoms with Gasteiger partial charge in [0.25, 0.3) is 0 Å². The maximum atomic E-state index is 12.8. The van der Waals surface area contributed by atoms with E-state index in [4.69, 9.17) is 4.99 Å². The summed E-state index contributed by atoms with van der Waals surface area (Å²) in [6, 6.07) is 6.74. The quantitative estimate of drug-likeness (QED) is 0.601. The third-order valence-corrected chi connectivity index (χ3v) is 4.98. The van der Waals surface area contributed by atoms with Crippen LogP contribution in [0.15, 0.2) is 70.1 Å². The van der Waals surface area contributed by atoms with Gasteiger partial charge in [-0.1, -0.05) is 18.2 Å². The van der Waals surface area contributed by atoms with E-state index >= 15 is 0 Å². The number of nitrogens with zero attached hydrogens (tertiary/aromatic N) is 3. The van der Waals surface area contributed by atoms with Crippen LogP contribution in [-0.4, -0.2) is 35.2 Å². The smallest absolute Gasteiger partial charge is 0.0898 e. The lowest BCUT2D eigenvalue weighted by Crippen LogP contribution is -2.17. The van der Waals surface area contributed by atoms with E-state index in [1.807, 2.05) is 24.4 Å². The van der Waals surface area contributed by atoms with Crippen LogP contribution < -0.4 is 5.32 Å². The molecule has 5 heteroatoms. The molecule has 3 atom stereocenters. The highest BCUT2D eigenvalue weighted by Crippen LogP contribution is 2.29. The van der Waals surface area contributed by atoms with Gasteiger partial charge in [0.1, 0.15) is 0 Å². The first-order valence-corrected chi connectivity index (χ1v) is 9.19. The maximum Gasteiger partial charge on any atom is 0.0898 e. The molecule has 0 saturated carbocycles. The highest BCUT2D eigenvalue weighted by molar-refractivity contribution is 6.05. The Morgan fingerprint density at radius 3 is 2.96 bits per heavy atom. The van der Waals surface area contributed by atoms with Crippen molar-refractivity contribution in [2.24, 2.45) is 15.9 Å². The summed E-state index contributed by atoms with van der Waals surface area (Å²) in [6.07, 6.45) is 12.1. The van der Waals surface area contributed by atoms with Crippen LogP contribution >= 0.6 is 0 Å². The lowest BCUT2D eigenvalue weighted by atomic mass is 9.93. The van der Waals surface area contributed by atoms with Gasteiger partial charge in [-0.25, -0.2) is 0 Å². The molecule has 0 bridgehead atoms. The van der Waals surface area contributed by atoms with Crippen LogP contribution in [0, 0.1) is 5.92 Å². The fourth-order valence-electron chi connectivity index (χ4n) is 3.50. The Hall–Kier alpha value is -2.40. The predicted molar refractivity (Wildman–Crippen MR) is 103 cm³/mol. The van der Waals surface area contributed by atoms with Crippen molar-refractivity contribution in [2.45, 2.75) is 38.3 Å². The van der Waals surface area contributed by atoms with Crippen molar-refractivity contribution in [1.82, 2.24) is 10.3 Å². The third-order valence-electron chi connectivity index (χ3n) is 4.98. The molecule has 3 unspecified atom stereocenters. The highest BCUT2D eigenvalue weighted by atomic mass is 19.1. The van der Waals surface area contributed by atoms with Gasteiger partial charge >= 0.3 is 0 Å². The monoisotopic (exact) mass is 350 g/mol. The Morgan fingerprint density at radius 2 is 2.15 bits per heavy atom. The van der Waals surface area contributed by atoms with Crippen LogP contribution in [0.25, 0.3) is 0 Å². The fourth-order valence-corrected chi connectivity index (χ4v) is 3.50. The lowest BCUT2D eigenvalue weighted by molar-refractivity contribution is 0.478. The van der Waals surface area contributed by atoms with Crippen LogP contribution in [0.5, 0.6) is 0 Å². The van der Waals surface area contributed by atoms with Crippen molar-refractivity contribution >= 4 is 11.4 Å². The Balaban J connectivity index is 1.54. The van der Waals surface area contributed by atoms with Crippen molar-refractivity contribution in [1.29, 1.82) is 0 Å². The molecule has 1 saturated heterocycles. The highest BCUT2D eigenvalue weighted by Gasteiger charge is 2.35. The molecule has 1 aromatic heterocycles. The number of hydrogen-bond donors (Lipinski definition) is 1. The molecule has 0 aromatic carbocycles. The number of aliphatic imine (C=N–C) groups is 2. The zero-order valence-electron chi connectivity index (χ0n) is 14.9. The number of fused-ring (bicyclic) bond motifs is 1. The summed E-state index contributed by atoms with van der Waals surface area (Å²) >= 11 is 0. The summed E-state index contributed by atoms with van der Waals surface area (Å²) in [7, 11) is 0. The summed E-state index contributed by atoms with van der Waals surface area (Å²) < 4.78 is 12.8. The molecule has 3 heterocycles. The van der Waals surface area contributed by atoms with Crippen molar-refractivity contribution in [3.63, 3.8) is 0 Å². The van der Waals surface area contributed by atoms with Gasteiger partial charge < -0.3 is 5.32 Å². The molecule has 1 aromatic rings. The van der Waals surface area contributed by atoms with E-state index in [1.165, 1.54) is 5.57 Å². The van der Waals surface area contributed by atoms with Crippen LogP contribution in [0.4, 0.5) is 4.39 Å². The van der Waals surface area contributed by atoms with Crippen LogP contribution in [0.3, 0.4) is 0 Å². The van der Waals surface area contributed by atoms with Crippen molar-refractivity contribution in [3.05, 3.63) is 65.8 Å². The fraction of sp³-hybridized carbons (Fsp3) is 0.381. The minimum absolute atomic E-state index is 0.142. The van der Waals surface area contributed by atoms with Gasteiger partial charge in [0.15, 0.2) is 0 Å². The summed E-state index contributed by atoms with van der Waals surface area (Å²) in [5, 5.41) is 3.39. The second-order valence-electron chi connectivity index (χ2n) is 6.97. The molecular weight excluding hydrogens is 327 g/mol. The first-order chi connectivity index (χ1) is 12.7. The van der Waals surface area contributed by atoms with E-state index in [9.17, 15) is 4.39 Å². The standard InChI is InChI=1S/C21H23FN4/c1-14-11-19-20(26-19)13-18(14)25-16(5-4-8-22)12-15-7-10-24-21(15)17-6-2-3-9-23-17/h2-3,6-7,9-11,13,15,19-20,26H,4-5,8,12H2,1H3. The number of rotatable bonds is 7. The maximum absolute atomic E-state index is 12.8. The molecule has 0 spiro atoms. The molecule has 2 aliphatic heterocycles. The van der Waals surface area contributed by atoms with Gasteiger partial charge in [-0.05, 0) is 50.0 Å². The molecule has 1 N–H and O–H groups in total. The van der Waals surface area contributed by atoms with Gasteiger partial charge in [0.05, 0.1) is 23.8 Å². The van der Waals surface area contributed by atoms with E-state index in [1.54, 1.807) is 6.20 Å². The number of alkyl halides is 1. The average Bonchev–Trinajstić information content (AvgIpc) is 3.24. The number of hydrogen-bond acceptors (Lipinski definition) is 4. The Labute approximate surface area is 153 Å². The minimum Gasteiger partial charge on any atom is -0.301 e. The molecule has 1 aliphatic carbocycles. The summed E-state index contributed by atoms with van der Waals surface area (Å²) in [4.78, 5) is 13.9. The van der Waals surface area contributed by atoms with E-state index in [2.05, 4.69) is 40.4 Å². The molecule has 4 rings (SSSR count). The van der Waals surface area contributed by atoms with Crippen molar-refractivity contribution < 1.29 is 4.39 Å². The molecular formula is C21H23FN4. The summed E-state index contributed by atoms with van der Waals surface area (Å²) in [6.45, 7) is 1.77. The van der Waals surface area contributed by atoms with E-state index in [-0.39, 0.29) is 12.6 Å². The molecule has 134 valence electrons. The zero-order valence-corrected chi connectivity index (χ0v) is 14.9. The van der Waals surface area contributed by atoms with Gasteiger partial charge in [-0.2, -0.15) is 0 Å². The predicted octanol–water partition coefficient (Wildman–Crippen LogP) is 3.78. The molecule has 4 nitrogen and oxygen atoms in total. The number of allylic oxidation sites excluding steroid dienone is 2. The van der Waals surface area contributed by atoms with Crippen LogP contribution in [0.2, 0.25) is 0 Å². The molecule has 3 aliphatic rings. The zero-order chi connectivity index (χ0) is 17.9.